The third-order valence-electron chi connectivity index (χ3n) is 23.3. The summed E-state index contributed by atoms with van der Waals surface area (Å²) >= 11 is 0. The highest BCUT2D eigenvalue weighted by Gasteiger charge is 2.46. The highest BCUT2D eigenvalue weighted by Crippen LogP contribution is 2.32. The van der Waals surface area contributed by atoms with Crippen molar-refractivity contribution >= 4 is 161 Å². The van der Waals surface area contributed by atoms with Crippen molar-refractivity contribution in [3.05, 3.63) is 437 Å². The zero-order valence-electron chi connectivity index (χ0n) is 61.3. The molecular formula is C100H78N6Si4. The molecule has 0 saturated carbocycles. The molecule has 4 heterocycles. The predicted molar refractivity (Wildman–Crippen MR) is 473 cm³/mol. The third kappa shape index (κ3) is 11.1. The van der Waals surface area contributed by atoms with Crippen molar-refractivity contribution in [2.24, 2.45) is 0 Å². The normalized spacial score (nSPS) is 12.1. The van der Waals surface area contributed by atoms with E-state index in [-0.39, 0.29) is 0 Å². The average molecular weight is 1480 g/mol. The van der Waals surface area contributed by atoms with Gasteiger partial charge in [0.05, 0.1) is 44.1 Å². The van der Waals surface area contributed by atoms with Crippen LogP contribution in [0, 0.1) is 0 Å². The van der Waals surface area contributed by atoms with Gasteiger partial charge in [0.25, 0.3) is 0 Å². The van der Waals surface area contributed by atoms with E-state index in [1.165, 1.54) is 72.6 Å². The summed E-state index contributed by atoms with van der Waals surface area (Å²) in [5.41, 5.74) is 11.0. The van der Waals surface area contributed by atoms with Crippen molar-refractivity contribution in [1.29, 1.82) is 0 Å². The molecule has 0 aliphatic rings. The predicted octanol–water partition coefficient (Wildman–Crippen LogP) is 13.8. The zero-order valence-corrected chi connectivity index (χ0v) is 65.3. The van der Waals surface area contributed by atoms with Crippen LogP contribution in [0.4, 0.5) is 0 Å². The van der Waals surface area contributed by atoms with Crippen molar-refractivity contribution in [2.75, 3.05) is 0 Å². The van der Waals surface area contributed by atoms with Gasteiger partial charge in [-0.1, -0.05) is 377 Å². The second-order valence-electron chi connectivity index (χ2n) is 29.1. The minimum Gasteiger partial charge on any atom is -0.278 e. The van der Waals surface area contributed by atoms with Gasteiger partial charge in [-0.05, 0) is 145 Å². The maximum atomic E-state index is 5.33. The van der Waals surface area contributed by atoms with Gasteiger partial charge in [0.2, 0.25) is 11.6 Å². The minimum atomic E-state index is -2.94. The number of nitrogens with zero attached hydrogens (tertiary/aromatic N) is 6. The van der Waals surface area contributed by atoms with Crippen LogP contribution in [0.5, 0.6) is 0 Å². The van der Waals surface area contributed by atoms with E-state index >= 15 is 0 Å². The number of benzene rings is 16. The van der Waals surface area contributed by atoms with Gasteiger partial charge >= 0.3 is 0 Å². The molecule has 20 aromatic rings. The lowest BCUT2D eigenvalue weighted by atomic mass is 10.2. The second kappa shape index (κ2) is 28.2. The number of fused-ring (bicyclic) bond motifs is 10. The van der Waals surface area contributed by atoms with E-state index in [0.29, 0.717) is 0 Å². The maximum absolute atomic E-state index is 5.33. The molecule has 0 N–H and O–H groups in total. The smallest absolute Gasteiger partial charge is 0.220 e. The molecule has 0 radical (unpaired) electrons. The maximum Gasteiger partial charge on any atom is 0.220 e. The van der Waals surface area contributed by atoms with Crippen LogP contribution in [0.15, 0.2) is 437 Å². The topological polar surface area (TPSA) is 44.5 Å². The van der Waals surface area contributed by atoms with Crippen molar-refractivity contribution in [2.45, 2.75) is 13.1 Å². The average Bonchev–Trinajstić information content (AvgIpc) is 1.45. The molecule has 0 unspecified atom stereocenters. The van der Waals surface area contributed by atoms with Gasteiger partial charge in [0, 0.05) is 11.4 Å². The third-order valence-corrected chi connectivity index (χ3v) is 41.7. The summed E-state index contributed by atoms with van der Waals surface area (Å²) in [6.45, 7) is 5.01. The summed E-state index contributed by atoms with van der Waals surface area (Å²) < 4.78 is 9.29. The van der Waals surface area contributed by atoms with Crippen molar-refractivity contribution in [3.8, 4) is 11.4 Å². The quantitative estimate of drug-likeness (QED) is 0.0715. The summed E-state index contributed by atoms with van der Waals surface area (Å²) in [6, 6.07) is 162. The summed E-state index contributed by atoms with van der Waals surface area (Å²) in [5, 5.41) is 19.2. The highest BCUT2D eigenvalue weighted by atomic mass is 28.3. The SMILES string of the molecule is C[Si](c1ccccc1)(c1ccccc1)c1ccc([Si](c2ccccc2)(c2ccccc2)c2ccc3nc4n(-c5ccccc5)c5ccccc5n4c3c2)cc1.C[Si](c1ccccc1)(c1ccccc1)c1cccc([Si](c2ccccc2)(c2ccccc2)c2ccc3nc4n(-c5ccccc5)c5ccccc5n4c3c2)c1. The Morgan fingerprint density at radius 3 is 0.755 bits per heavy atom. The molecule has 4 aromatic heterocycles. The second-order valence-corrected chi connectivity index (χ2v) is 44.6. The van der Waals surface area contributed by atoms with Crippen LogP contribution in [0.1, 0.15) is 0 Å². The van der Waals surface area contributed by atoms with Crippen LogP contribution in [0.25, 0.3) is 67.1 Å². The molecule has 0 amide bonds. The van der Waals surface area contributed by atoms with Crippen molar-refractivity contribution < 1.29 is 0 Å². The van der Waals surface area contributed by atoms with Crippen LogP contribution in [0.3, 0.4) is 0 Å². The van der Waals surface area contributed by atoms with Crippen LogP contribution in [0.2, 0.25) is 13.1 Å². The standard InChI is InChI=1S/2C50H39N3Si2/c1-54(39-22-9-3-10-23-39,40-24-11-4-12-25-40)43-30-19-31-44(36-43)55(41-26-13-5-14-27-41,42-28-15-6-16-29-42)45-34-35-46-49(37-45)53-48-33-18-17-32-47(48)52(50(53)51-46)38-20-7-2-8-21-38;1-54(39-21-9-3-10-22-39,40-23-11-4-12-24-40)41-31-33-44(34-32-41)55(42-25-13-5-14-26-42,43-27-15-6-16-28-43)45-35-36-46-49(37-45)53-48-30-18-17-29-47(48)52(50(53)51-46)38-19-7-2-8-20-38/h2*2-37H,1H3. The lowest BCUT2D eigenvalue weighted by Crippen LogP contribution is -2.75. The molecule has 0 aliphatic heterocycles. The minimum absolute atomic E-state index is 0.917. The Morgan fingerprint density at radius 1 is 0.182 bits per heavy atom. The Balaban J connectivity index is 0.000000149. The van der Waals surface area contributed by atoms with Gasteiger partial charge in [-0.15, -0.1) is 0 Å². The van der Waals surface area contributed by atoms with E-state index in [1.54, 1.807) is 0 Å². The Hall–Kier alpha value is -13.1. The molecule has 524 valence electrons. The fourth-order valence-corrected chi connectivity index (χ4v) is 34.7. The van der Waals surface area contributed by atoms with Crippen LogP contribution >= 0.6 is 0 Å². The van der Waals surface area contributed by atoms with E-state index in [9.17, 15) is 0 Å². The fourth-order valence-electron chi connectivity index (χ4n) is 17.9. The first-order valence-corrected chi connectivity index (χ1v) is 47.0. The van der Waals surface area contributed by atoms with E-state index < -0.39 is 32.3 Å². The monoisotopic (exact) mass is 1470 g/mol. The van der Waals surface area contributed by atoms with E-state index in [0.717, 1.165) is 67.1 Å². The van der Waals surface area contributed by atoms with Gasteiger partial charge in [0.1, 0.15) is 16.1 Å². The van der Waals surface area contributed by atoms with Gasteiger partial charge < -0.3 is 0 Å². The van der Waals surface area contributed by atoms with Crippen LogP contribution < -0.4 is 72.6 Å². The molecule has 6 nitrogen and oxygen atoms in total. The molecule has 0 spiro atoms. The Labute approximate surface area is 645 Å². The molecule has 0 fully saturated rings. The van der Waals surface area contributed by atoms with Gasteiger partial charge in [-0.2, -0.15) is 0 Å². The molecular weight excluding hydrogens is 1400 g/mol. The molecule has 20 rings (SSSR count). The van der Waals surface area contributed by atoms with Gasteiger partial charge in [0.15, 0.2) is 16.1 Å². The van der Waals surface area contributed by atoms with Gasteiger partial charge in [-0.3, -0.25) is 17.9 Å². The lowest BCUT2D eigenvalue weighted by Gasteiger charge is -2.36. The molecule has 10 heteroatoms. The van der Waals surface area contributed by atoms with Crippen molar-refractivity contribution in [3.63, 3.8) is 0 Å². The Kier molecular flexibility index (Phi) is 17.3. The number of para-hydroxylation sites is 6. The summed E-state index contributed by atoms with van der Waals surface area (Å²) in [6.07, 6.45) is 0. The van der Waals surface area contributed by atoms with Gasteiger partial charge in [-0.25, -0.2) is 9.97 Å². The summed E-state index contributed by atoms with van der Waals surface area (Å²) in [7, 11) is -10.5. The molecule has 0 saturated heterocycles. The zero-order chi connectivity index (χ0) is 73.6. The largest absolute Gasteiger partial charge is 0.278 e. The number of hydrogen-bond acceptors (Lipinski definition) is 2. The first-order chi connectivity index (χ1) is 54.3. The molecule has 0 atom stereocenters. The first kappa shape index (κ1) is 67.5. The number of rotatable bonds is 16. The van der Waals surface area contributed by atoms with E-state index in [1.807, 2.05) is 0 Å². The van der Waals surface area contributed by atoms with E-state index in [2.05, 4.69) is 468 Å². The number of aromatic nitrogens is 6. The fraction of sp³-hybridized carbons (Fsp3) is 0.0200. The van der Waals surface area contributed by atoms with Crippen LogP contribution in [-0.4, -0.2) is 60.2 Å². The summed E-state index contributed by atoms with van der Waals surface area (Å²) in [5.74, 6) is 1.84. The van der Waals surface area contributed by atoms with Crippen molar-refractivity contribution in [1.82, 2.24) is 27.9 Å². The number of hydrogen-bond donors (Lipinski definition) is 0. The van der Waals surface area contributed by atoms with E-state index in [4.69, 9.17) is 9.97 Å². The Morgan fingerprint density at radius 2 is 0.409 bits per heavy atom. The molecule has 16 aromatic carbocycles. The molecule has 0 aliphatic carbocycles. The number of imidazole rings is 4. The van der Waals surface area contributed by atoms with Crippen LogP contribution in [-0.2, 0) is 0 Å². The lowest BCUT2D eigenvalue weighted by molar-refractivity contribution is 1.11. The Bertz CT molecular complexity index is 6480. The highest BCUT2D eigenvalue weighted by molar-refractivity contribution is 7.21. The summed E-state index contributed by atoms with van der Waals surface area (Å²) in [4.78, 5) is 10.6. The molecule has 110 heavy (non-hydrogen) atoms. The first-order valence-electron chi connectivity index (χ1n) is 38.0. The molecule has 0 bridgehead atoms.